The molecule has 1 aromatic rings. The number of carbonyl (C=O) groups excluding carboxylic acids is 1. The van der Waals surface area contributed by atoms with Crippen LogP contribution in [0.1, 0.15) is 25.5 Å². The smallest absolute Gasteiger partial charge is 0.219 e. The Morgan fingerprint density at radius 3 is 2.86 bits per heavy atom. The lowest BCUT2D eigenvalue weighted by Gasteiger charge is -2.26. The second-order valence-corrected chi connectivity index (χ2v) is 3.48. The maximum atomic E-state index is 11.2. The predicted molar refractivity (Wildman–Crippen MR) is 50.5 cm³/mol. The standard InChI is InChI=1S/C9H14N4O/c1-3-8-10-11-9-6-12(7(2)14)4-5-13(8)9/h3-6H2,1-2H3. The van der Waals surface area contributed by atoms with Crippen molar-refractivity contribution in [2.24, 2.45) is 0 Å². The highest BCUT2D eigenvalue weighted by molar-refractivity contribution is 5.73. The molecule has 0 unspecified atom stereocenters. The molecule has 76 valence electrons. The molecule has 0 atom stereocenters. The SMILES string of the molecule is CCc1nnc2n1CCN(C(C)=O)C2. The van der Waals surface area contributed by atoms with E-state index in [4.69, 9.17) is 0 Å². The van der Waals surface area contributed by atoms with Crippen molar-refractivity contribution in [3.63, 3.8) is 0 Å². The summed E-state index contributed by atoms with van der Waals surface area (Å²) in [6.07, 6.45) is 0.896. The van der Waals surface area contributed by atoms with E-state index in [-0.39, 0.29) is 5.91 Å². The molecule has 0 aliphatic carbocycles. The van der Waals surface area contributed by atoms with Crippen molar-refractivity contribution < 1.29 is 4.79 Å². The fourth-order valence-corrected chi connectivity index (χ4v) is 1.75. The van der Waals surface area contributed by atoms with Gasteiger partial charge in [0.1, 0.15) is 5.82 Å². The van der Waals surface area contributed by atoms with Crippen molar-refractivity contribution >= 4 is 5.91 Å². The van der Waals surface area contributed by atoms with Gasteiger partial charge in [-0.1, -0.05) is 6.92 Å². The number of aromatic nitrogens is 3. The van der Waals surface area contributed by atoms with Crippen LogP contribution in [0.2, 0.25) is 0 Å². The molecular weight excluding hydrogens is 180 g/mol. The molecule has 0 fully saturated rings. The highest BCUT2D eigenvalue weighted by Gasteiger charge is 2.21. The summed E-state index contributed by atoms with van der Waals surface area (Å²) >= 11 is 0. The van der Waals surface area contributed by atoms with Gasteiger partial charge in [-0.15, -0.1) is 10.2 Å². The van der Waals surface area contributed by atoms with Gasteiger partial charge in [-0.2, -0.15) is 0 Å². The highest BCUT2D eigenvalue weighted by Crippen LogP contribution is 2.12. The molecule has 5 nitrogen and oxygen atoms in total. The van der Waals surface area contributed by atoms with Gasteiger partial charge in [0, 0.05) is 26.4 Å². The predicted octanol–water partition coefficient (Wildman–Crippen LogP) is 0.203. The Morgan fingerprint density at radius 2 is 2.21 bits per heavy atom. The van der Waals surface area contributed by atoms with Crippen LogP contribution in [0.5, 0.6) is 0 Å². The van der Waals surface area contributed by atoms with Gasteiger partial charge < -0.3 is 9.47 Å². The minimum atomic E-state index is 0.109. The number of rotatable bonds is 1. The van der Waals surface area contributed by atoms with Crippen LogP contribution >= 0.6 is 0 Å². The van der Waals surface area contributed by atoms with Crippen LogP contribution in [0, 0.1) is 0 Å². The quantitative estimate of drug-likeness (QED) is 0.642. The average Bonchev–Trinajstić information content (AvgIpc) is 2.59. The largest absolute Gasteiger partial charge is 0.334 e. The fourth-order valence-electron chi connectivity index (χ4n) is 1.75. The van der Waals surface area contributed by atoms with Crippen molar-refractivity contribution in [3.05, 3.63) is 11.6 Å². The van der Waals surface area contributed by atoms with E-state index in [0.29, 0.717) is 6.54 Å². The topological polar surface area (TPSA) is 51.0 Å². The summed E-state index contributed by atoms with van der Waals surface area (Å²) in [5, 5.41) is 8.16. The third-order valence-electron chi connectivity index (χ3n) is 2.59. The van der Waals surface area contributed by atoms with E-state index >= 15 is 0 Å². The van der Waals surface area contributed by atoms with Crippen LogP contribution in [0.25, 0.3) is 0 Å². The van der Waals surface area contributed by atoms with Gasteiger partial charge in [0.25, 0.3) is 0 Å². The van der Waals surface area contributed by atoms with E-state index in [1.54, 1.807) is 11.8 Å². The second kappa shape index (κ2) is 3.40. The third kappa shape index (κ3) is 1.38. The first-order chi connectivity index (χ1) is 6.72. The second-order valence-electron chi connectivity index (χ2n) is 3.48. The third-order valence-corrected chi connectivity index (χ3v) is 2.59. The Balaban J connectivity index is 2.24. The number of fused-ring (bicyclic) bond motifs is 1. The van der Waals surface area contributed by atoms with E-state index in [0.717, 1.165) is 31.2 Å². The monoisotopic (exact) mass is 194 g/mol. The summed E-state index contributed by atoms with van der Waals surface area (Å²) in [5.41, 5.74) is 0. The van der Waals surface area contributed by atoms with Crippen molar-refractivity contribution in [2.45, 2.75) is 33.4 Å². The van der Waals surface area contributed by atoms with Crippen LogP contribution in [0.4, 0.5) is 0 Å². The first kappa shape index (κ1) is 9.18. The summed E-state index contributed by atoms with van der Waals surface area (Å²) < 4.78 is 2.11. The van der Waals surface area contributed by atoms with Gasteiger partial charge in [0.05, 0.1) is 6.54 Å². The Bertz CT molecular complexity index is 358. The van der Waals surface area contributed by atoms with E-state index in [1.807, 2.05) is 0 Å². The number of hydrogen-bond donors (Lipinski definition) is 0. The molecule has 2 rings (SSSR count). The number of nitrogens with zero attached hydrogens (tertiary/aromatic N) is 4. The summed E-state index contributed by atoms with van der Waals surface area (Å²) in [4.78, 5) is 12.9. The molecule has 1 aliphatic rings. The summed E-state index contributed by atoms with van der Waals surface area (Å²) in [5.74, 6) is 2.03. The van der Waals surface area contributed by atoms with Gasteiger partial charge in [-0.05, 0) is 0 Å². The van der Waals surface area contributed by atoms with Gasteiger partial charge in [-0.25, -0.2) is 0 Å². The van der Waals surface area contributed by atoms with Crippen molar-refractivity contribution in [1.29, 1.82) is 0 Å². The maximum Gasteiger partial charge on any atom is 0.219 e. The Labute approximate surface area is 82.7 Å². The number of carbonyl (C=O) groups is 1. The summed E-state index contributed by atoms with van der Waals surface area (Å²) in [6, 6.07) is 0. The minimum absolute atomic E-state index is 0.109. The molecule has 14 heavy (non-hydrogen) atoms. The van der Waals surface area contributed by atoms with Crippen molar-refractivity contribution in [1.82, 2.24) is 19.7 Å². The Hall–Kier alpha value is -1.39. The van der Waals surface area contributed by atoms with Crippen molar-refractivity contribution in [3.8, 4) is 0 Å². The van der Waals surface area contributed by atoms with Crippen LogP contribution in [0.15, 0.2) is 0 Å². The molecule has 2 heterocycles. The molecule has 1 aromatic heterocycles. The van der Waals surface area contributed by atoms with Crippen LogP contribution in [-0.2, 0) is 24.3 Å². The van der Waals surface area contributed by atoms with Crippen LogP contribution in [0.3, 0.4) is 0 Å². The molecule has 0 saturated carbocycles. The first-order valence-corrected chi connectivity index (χ1v) is 4.89. The van der Waals surface area contributed by atoms with Gasteiger partial charge >= 0.3 is 0 Å². The molecule has 1 amide bonds. The summed E-state index contributed by atoms with van der Waals surface area (Å²) in [6.45, 7) is 5.85. The average molecular weight is 194 g/mol. The summed E-state index contributed by atoms with van der Waals surface area (Å²) in [7, 11) is 0. The van der Waals surface area contributed by atoms with Gasteiger partial charge in [0.15, 0.2) is 5.82 Å². The van der Waals surface area contributed by atoms with E-state index < -0.39 is 0 Å². The van der Waals surface area contributed by atoms with E-state index in [2.05, 4.69) is 21.7 Å². The molecule has 0 N–H and O–H groups in total. The molecule has 0 radical (unpaired) electrons. The van der Waals surface area contributed by atoms with E-state index in [1.165, 1.54) is 0 Å². The van der Waals surface area contributed by atoms with E-state index in [9.17, 15) is 4.79 Å². The Kier molecular flexibility index (Phi) is 2.23. The lowest BCUT2D eigenvalue weighted by atomic mass is 10.3. The molecule has 1 aliphatic heterocycles. The number of amides is 1. The first-order valence-electron chi connectivity index (χ1n) is 4.89. The number of hydrogen-bond acceptors (Lipinski definition) is 3. The Morgan fingerprint density at radius 1 is 1.43 bits per heavy atom. The van der Waals surface area contributed by atoms with Crippen molar-refractivity contribution in [2.75, 3.05) is 6.54 Å². The molecule has 0 aromatic carbocycles. The molecule has 0 bridgehead atoms. The molecule has 5 heteroatoms. The zero-order chi connectivity index (χ0) is 10.1. The van der Waals surface area contributed by atoms with Gasteiger partial charge in [0.2, 0.25) is 5.91 Å². The molecule has 0 spiro atoms. The minimum Gasteiger partial charge on any atom is -0.334 e. The molecular formula is C9H14N4O. The lowest BCUT2D eigenvalue weighted by Crippen LogP contribution is -2.37. The number of aryl methyl sites for hydroxylation is 1. The van der Waals surface area contributed by atoms with Crippen LogP contribution in [-0.4, -0.2) is 32.1 Å². The highest BCUT2D eigenvalue weighted by atomic mass is 16.2. The fraction of sp³-hybridized carbons (Fsp3) is 0.667. The van der Waals surface area contributed by atoms with Gasteiger partial charge in [-0.3, -0.25) is 4.79 Å². The van der Waals surface area contributed by atoms with Crippen LogP contribution < -0.4 is 0 Å². The normalized spacial score (nSPS) is 15.4. The maximum absolute atomic E-state index is 11.2. The zero-order valence-corrected chi connectivity index (χ0v) is 8.53. The lowest BCUT2D eigenvalue weighted by molar-refractivity contribution is -0.130. The molecule has 0 saturated heterocycles. The zero-order valence-electron chi connectivity index (χ0n) is 8.53.